The highest BCUT2D eigenvalue weighted by Gasteiger charge is 2.48. The minimum atomic E-state index is -4.49. The third-order valence-electron chi connectivity index (χ3n) is 8.25. The Labute approximate surface area is 212 Å². The van der Waals surface area contributed by atoms with Crippen LogP contribution >= 0.6 is 11.3 Å². The van der Waals surface area contributed by atoms with Gasteiger partial charge in [0.05, 0.1) is 31.6 Å². The molecule has 5 rings (SSSR count). The van der Waals surface area contributed by atoms with E-state index in [1.54, 1.807) is 10.9 Å². The van der Waals surface area contributed by atoms with Crippen LogP contribution < -0.4 is 0 Å². The number of aliphatic hydroxyl groups is 3. The van der Waals surface area contributed by atoms with Gasteiger partial charge in [-0.25, -0.2) is 0 Å². The number of hydrogen-bond donors (Lipinski definition) is 3. The number of piperidine rings is 1. The van der Waals surface area contributed by atoms with Gasteiger partial charge in [0.25, 0.3) is 0 Å². The molecule has 36 heavy (non-hydrogen) atoms. The van der Waals surface area contributed by atoms with E-state index in [4.69, 9.17) is 4.74 Å². The highest BCUT2D eigenvalue weighted by atomic mass is 32.1. The van der Waals surface area contributed by atoms with Crippen molar-refractivity contribution in [2.24, 2.45) is 0 Å². The van der Waals surface area contributed by atoms with Crippen molar-refractivity contribution in [2.75, 3.05) is 13.2 Å². The third kappa shape index (κ3) is 4.74. The zero-order valence-electron chi connectivity index (χ0n) is 20.4. The Bertz CT molecular complexity index is 1080. The predicted octanol–water partition coefficient (Wildman–Crippen LogP) is 3.57. The van der Waals surface area contributed by atoms with Crippen LogP contribution in [0.4, 0.5) is 13.2 Å². The smallest absolute Gasteiger partial charge is 0.392 e. The van der Waals surface area contributed by atoms with E-state index < -0.39 is 35.0 Å². The molecule has 3 N–H and O–H groups in total. The summed E-state index contributed by atoms with van der Waals surface area (Å²) in [6.07, 6.45) is 2.87. The first kappa shape index (κ1) is 26.1. The van der Waals surface area contributed by atoms with Crippen LogP contribution in [0.25, 0.3) is 0 Å². The fourth-order valence-corrected chi connectivity index (χ4v) is 7.67. The molecule has 2 aliphatic heterocycles. The van der Waals surface area contributed by atoms with Crippen molar-refractivity contribution in [2.45, 2.75) is 101 Å². The minimum absolute atomic E-state index is 0.0112. The third-order valence-corrected chi connectivity index (χ3v) is 9.75. The summed E-state index contributed by atoms with van der Waals surface area (Å²) in [5.41, 5.74) is -0.189. The van der Waals surface area contributed by atoms with Gasteiger partial charge in [-0.05, 0) is 44.6 Å². The molecule has 1 saturated carbocycles. The maximum absolute atomic E-state index is 13.7. The first-order chi connectivity index (χ1) is 17.0. The van der Waals surface area contributed by atoms with E-state index in [0.717, 1.165) is 29.7 Å². The average Bonchev–Trinajstić information content (AvgIpc) is 3.55. The van der Waals surface area contributed by atoms with Crippen molar-refractivity contribution >= 4 is 11.3 Å². The number of rotatable bonds is 6. The Morgan fingerprint density at radius 1 is 1.28 bits per heavy atom. The molecule has 1 unspecified atom stereocenters. The Balaban J connectivity index is 1.27. The molecule has 3 aliphatic rings. The lowest BCUT2D eigenvalue weighted by Crippen LogP contribution is -2.50. The first-order valence-corrected chi connectivity index (χ1v) is 13.5. The van der Waals surface area contributed by atoms with Gasteiger partial charge in [-0.15, -0.1) is 11.3 Å². The Morgan fingerprint density at radius 2 is 2.03 bits per heavy atom. The zero-order chi connectivity index (χ0) is 25.7. The van der Waals surface area contributed by atoms with Gasteiger partial charge in [0.2, 0.25) is 0 Å². The predicted molar refractivity (Wildman–Crippen MR) is 127 cm³/mol. The number of nitrogens with zero attached hydrogens (tertiary/aromatic N) is 3. The largest absolute Gasteiger partial charge is 0.425 e. The van der Waals surface area contributed by atoms with Crippen LogP contribution in [-0.4, -0.2) is 60.9 Å². The summed E-state index contributed by atoms with van der Waals surface area (Å²) in [5, 5.41) is 35.2. The van der Waals surface area contributed by atoms with Crippen molar-refractivity contribution in [1.29, 1.82) is 0 Å². The summed E-state index contributed by atoms with van der Waals surface area (Å²) >= 11 is 0.739. The quantitative estimate of drug-likeness (QED) is 0.530. The summed E-state index contributed by atoms with van der Waals surface area (Å²) in [6.45, 7) is 3.32. The van der Waals surface area contributed by atoms with Crippen molar-refractivity contribution in [3.8, 4) is 0 Å². The number of fused-ring (bicyclic) bond motifs is 2. The molecule has 2 fully saturated rings. The van der Waals surface area contributed by atoms with E-state index >= 15 is 0 Å². The Hall–Kier alpha value is -1.50. The summed E-state index contributed by atoms with van der Waals surface area (Å²) in [5.74, 6) is 0. The van der Waals surface area contributed by atoms with Crippen LogP contribution in [0.3, 0.4) is 0 Å². The Kier molecular flexibility index (Phi) is 7.01. The first-order valence-electron chi connectivity index (χ1n) is 12.7. The molecule has 1 aliphatic carbocycles. The lowest BCUT2D eigenvalue weighted by molar-refractivity contribution is -0.135. The maximum atomic E-state index is 13.7. The van der Waals surface area contributed by atoms with Gasteiger partial charge in [0.15, 0.2) is 0 Å². The number of alkyl halides is 3. The molecule has 4 heterocycles. The number of aromatic nitrogens is 2. The summed E-state index contributed by atoms with van der Waals surface area (Å²) in [6, 6.07) is 0.0619. The number of aliphatic hydroxyl groups excluding tert-OH is 2. The van der Waals surface area contributed by atoms with Crippen LogP contribution in [0.1, 0.15) is 71.9 Å². The number of ether oxygens (including phenoxy) is 1. The van der Waals surface area contributed by atoms with E-state index in [0.29, 0.717) is 62.2 Å². The van der Waals surface area contributed by atoms with Gasteiger partial charge in [-0.2, -0.15) is 18.3 Å². The highest BCUT2D eigenvalue weighted by molar-refractivity contribution is 7.12. The van der Waals surface area contributed by atoms with E-state index in [9.17, 15) is 28.5 Å². The molecule has 0 aromatic carbocycles. The summed E-state index contributed by atoms with van der Waals surface area (Å²) in [7, 11) is 0. The number of likely N-dealkylation sites (tertiary alicyclic amines) is 1. The average molecular weight is 530 g/mol. The maximum Gasteiger partial charge on any atom is 0.425 e. The van der Waals surface area contributed by atoms with Crippen LogP contribution in [-0.2, 0) is 42.6 Å². The van der Waals surface area contributed by atoms with E-state index in [2.05, 4.69) is 16.9 Å². The molecule has 200 valence electrons. The fourth-order valence-electron chi connectivity index (χ4n) is 6.26. The van der Waals surface area contributed by atoms with Gasteiger partial charge in [0.1, 0.15) is 16.6 Å². The van der Waals surface area contributed by atoms with Gasteiger partial charge in [-0.3, -0.25) is 9.58 Å². The molecular weight excluding hydrogens is 495 g/mol. The lowest BCUT2D eigenvalue weighted by atomic mass is 9.81. The molecule has 11 heteroatoms. The molecule has 2 aromatic rings. The van der Waals surface area contributed by atoms with Gasteiger partial charge >= 0.3 is 6.18 Å². The second kappa shape index (κ2) is 9.67. The minimum Gasteiger partial charge on any atom is -0.392 e. The Morgan fingerprint density at radius 3 is 2.69 bits per heavy atom. The second-order valence-electron chi connectivity index (χ2n) is 10.6. The standard InChI is InChI=1S/C25H34F3N3O4S/c1-16-10-24(21-18(4-9-35-24)19(15-32)22(36-21)25(26,27)28)7-8-30(16)12-17-11-29-31(13-17)14-20(33)23(34)5-2-3-6-23/h11,13,16,20,32-34H,2-10,12,14-15H2,1H3/t16-,20?,24+/m0/s1. The molecule has 0 radical (unpaired) electrons. The van der Waals surface area contributed by atoms with E-state index in [1.165, 1.54) is 0 Å². The molecule has 1 saturated heterocycles. The van der Waals surface area contributed by atoms with Gasteiger partial charge in [-0.1, -0.05) is 12.8 Å². The van der Waals surface area contributed by atoms with Crippen molar-refractivity contribution < 1.29 is 33.2 Å². The molecule has 0 amide bonds. The van der Waals surface area contributed by atoms with E-state index in [1.807, 2.05) is 6.20 Å². The fraction of sp³-hybridized carbons (Fsp3) is 0.720. The van der Waals surface area contributed by atoms with Crippen molar-refractivity contribution in [3.05, 3.63) is 38.8 Å². The van der Waals surface area contributed by atoms with Gasteiger partial charge < -0.3 is 20.1 Å². The van der Waals surface area contributed by atoms with Crippen LogP contribution in [0.5, 0.6) is 0 Å². The monoisotopic (exact) mass is 529 g/mol. The molecule has 1 spiro atoms. The molecule has 3 atom stereocenters. The molecule has 0 bridgehead atoms. The summed E-state index contributed by atoms with van der Waals surface area (Å²) in [4.78, 5) is 2.20. The molecule has 2 aromatic heterocycles. The van der Waals surface area contributed by atoms with Crippen LogP contribution in [0.15, 0.2) is 12.4 Å². The van der Waals surface area contributed by atoms with Crippen LogP contribution in [0, 0.1) is 0 Å². The second-order valence-corrected chi connectivity index (χ2v) is 11.7. The van der Waals surface area contributed by atoms with Crippen molar-refractivity contribution in [3.63, 3.8) is 0 Å². The SMILES string of the molecule is C[C@H]1C[C@@]2(CCN1Cc1cnn(CC(O)C3(O)CCCC3)c1)OCCc1c2sc(C(F)(F)F)c1CO. The van der Waals surface area contributed by atoms with Gasteiger partial charge in [0, 0.05) is 41.3 Å². The lowest BCUT2D eigenvalue weighted by Gasteiger charge is -2.47. The number of hydrogen-bond acceptors (Lipinski definition) is 7. The zero-order valence-corrected chi connectivity index (χ0v) is 21.2. The normalized spacial score (nSPS) is 27.5. The number of thiophene rings is 1. The number of halogens is 3. The molecular formula is C25H34F3N3O4S. The van der Waals surface area contributed by atoms with Crippen LogP contribution in [0.2, 0.25) is 0 Å². The topological polar surface area (TPSA) is 91.0 Å². The van der Waals surface area contributed by atoms with E-state index in [-0.39, 0.29) is 18.2 Å². The summed E-state index contributed by atoms with van der Waals surface area (Å²) < 4.78 is 48.9. The highest BCUT2D eigenvalue weighted by Crippen LogP contribution is 2.51. The molecule has 7 nitrogen and oxygen atoms in total. The van der Waals surface area contributed by atoms with Crippen molar-refractivity contribution in [1.82, 2.24) is 14.7 Å².